The molecule has 0 spiro atoms. The van der Waals surface area contributed by atoms with Crippen LogP contribution in [-0.4, -0.2) is 22.3 Å². The van der Waals surface area contributed by atoms with Crippen LogP contribution in [0.3, 0.4) is 0 Å². The third-order valence-electron chi connectivity index (χ3n) is 3.73. The van der Waals surface area contributed by atoms with Gasteiger partial charge < -0.3 is 10.1 Å². The number of nitrogens with one attached hydrogen (secondary N) is 1. The molecule has 0 saturated heterocycles. The maximum absolute atomic E-state index is 12.5. The lowest BCUT2D eigenvalue weighted by Crippen LogP contribution is -2.29. The molecule has 1 N–H and O–H groups in total. The Hall–Kier alpha value is -2.30. The van der Waals surface area contributed by atoms with Crippen LogP contribution in [0.4, 0.5) is 0 Å². The average molecular weight is 285 g/mol. The molecule has 5 heteroatoms. The van der Waals surface area contributed by atoms with Gasteiger partial charge in [-0.05, 0) is 31.9 Å². The number of carbonyl (C=O) groups is 1. The lowest BCUT2D eigenvalue weighted by Gasteiger charge is -2.18. The summed E-state index contributed by atoms with van der Waals surface area (Å²) in [5, 5.41) is 7.32. The van der Waals surface area contributed by atoms with Gasteiger partial charge in [-0.25, -0.2) is 0 Å². The second kappa shape index (κ2) is 5.60. The summed E-state index contributed by atoms with van der Waals surface area (Å²) >= 11 is 0. The summed E-state index contributed by atoms with van der Waals surface area (Å²) < 4.78 is 7.34. The molecule has 0 radical (unpaired) electrons. The van der Waals surface area contributed by atoms with Crippen molar-refractivity contribution >= 4 is 5.91 Å². The van der Waals surface area contributed by atoms with E-state index in [0.717, 1.165) is 29.8 Å². The zero-order valence-corrected chi connectivity index (χ0v) is 12.3. The second-order valence-electron chi connectivity index (χ2n) is 5.35. The summed E-state index contributed by atoms with van der Waals surface area (Å²) in [5.74, 6) is 0.765. The Kier molecular flexibility index (Phi) is 3.64. The Bertz CT molecular complexity index is 663. The molecule has 1 amide bonds. The van der Waals surface area contributed by atoms with E-state index in [-0.39, 0.29) is 11.9 Å². The standard InChI is InChI=1S/C16H19N3O2/c1-11-10-14(19(2)18-11)16(20)17-13-7-5-9-21-15-8-4-3-6-12(13)15/h3-4,6,8,10,13H,5,7,9H2,1-2H3,(H,17,20)/t13-/m1/s1. The minimum atomic E-state index is -0.0974. The predicted octanol–water partition coefficient (Wildman–Crippen LogP) is 2.37. The number of rotatable bonds is 2. The first-order valence-corrected chi connectivity index (χ1v) is 7.18. The van der Waals surface area contributed by atoms with Crippen LogP contribution in [-0.2, 0) is 7.05 Å². The van der Waals surface area contributed by atoms with Gasteiger partial charge in [0.15, 0.2) is 0 Å². The number of nitrogens with zero attached hydrogens (tertiary/aromatic N) is 2. The summed E-state index contributed by atoms with van der Waals surface area (Å²) in [6.07, 6.45) is 1.80. The summed E-state index contributed by atoms with van der Waals surface area (Å²) in [6.45, 7) is 2.57. The number of ether oxygens (including phenoxy) is 1. The highest BCUT2D eigenvalue weighted by molar-refractivity contribution is 5.93. The largest absolute Gasteiger partial charge is 0.493 e. The van der Waals surface area contributed by atoms with Crippen molar-refractivity contribution in [2.75, 3.05) is 6.61 Å². The molecule has 3 rings (SSSR count). The number of fused-ring (bicyclic) bond motifs is 1. The molecular weight excluding hydrogens is 266 g/mol. The Morgan fingerprint density at radius 1 is 1.43 bits per heavy atom. The third-order valence-corrected chi connectivity index (χ3v) is 3.73. The van der Waals surface area contributed by atoms with E-state index in [4.69, 9.17) is 4.74 Å². The Balaban J connectivity index is 1.84. The van der Waals surface area contributed by atoms with Gasteiger partial charge in [-0.3, -0.25) is 9.48 Å². The fourth-order valence-electron chi connectivity index (χ4n) is 2.73. The van der Waals surface area contributed by atoms with Crippen molar-refractivity contribution in [2.45, 2.75) is 25.8 Å². The molecule has 5 nitrogen and oxygen atoms in total. The van der Waals surface area contributed by atoms with Crippen molar-refractivity contribution in [3.05, 3.63) is 47.3 Å². The van der Waals surface area contributed by atoms with E-state index in [1.165, 1.54) is 0 Å². The van der Waals surface area contributed by atoms with Gasteiger partial charge >= 0.3 is 0 Å². The highest BCUT2D eigenvalue weighted by Gasteiger charge is 2.22. The lowest BCUT2D eigenvalue weighted by atomic mass is 10.0. The molecule has 0 bridgehead atoms. The normalized spacial score (nSPS) is 17.5. The van der Waals surface area contributed by atoms with Crippen LogP contribution >= 0.6 is 0 Å². The zero-order chi connectivity index (χ0) is 14.8. The quantitative estimate of drug-likeness (QED) is 0.921. The highest BCUT2D eigenvalue weighted by atomic mass is 16.5. The van der Waals surface area contributed by atoms with Crippen molar-refractivity contribution in [3.63, 3.8) is 0 Å². The molecule has 1 aromatic carbocycles. The van der Waals surface area contributed by atoms with Crippen molar-refractivity contribution in [3.8, 4) is 5.75 Å². The van der Waals surface area contributed by atoms with Crippen LogP contribution in [0.5, 0.6) is 5.75 Å². The van der Waals surface area contributed by atoms with Gasteiger partial charge in [-0.2, -0.15) is 5.10 Å². The number of aryl methyl sites for hydroxylation is 2. The molecule has 0 fully saturated rings. The molecule has 1 aliphatic rings. The van der Waals surface area contributed by atoms with Crippen LogP contribution in [0.2, 0.25) is 0 Å². The van der Waals surface area contributed by atoms with Crippen molar-refractivity contribution in [1.82, 2.24) is 15.1 Å². The SMILES string of the molecule is Cc1cc(C(=O)N[C@@H]2CCCOc3ccccc32)n(C)n1. The fraction of sp³-hybridized carbons (Fsp3) is 0.375. The van der Waals surface area contributed by atoms with E-state index in [9.17, 15) is 4.79 Å². The molecule has 1 atom stereocenters. The molecule has 110 valence electrons. The number of benzene rings is 1. The number of hydrogen-bond acceptors (Lipinski definition) is 3. The van der Waals surface area contributed by atoms with Crippen molar-refractivity contribution in [1.29, 1.82) is 0 Å². The van der Waals surface area contributed by atoms with Gasteiger partial charge in [0.05, 0.1) is 18.3 Å². The number of hydrogen-bond donors (Lipinski definition) is 1. The number of para-hydroxylation sites is 1. The van der Waals surface area contributed by atoms with Gasteiger partial charge in [-0.15, -0.1) is 0 Å². The topological polar surface area (TPSA) is 56.1 Å². The van der Waals surface area contributed by atoms with Gasteiger partial charge in [0.1, 0.15) is 11.4 Å². The Morgan fingerprint density at radius 3 is 3.00 bits per heavy atom. The van der Waals surface area contributed by atoms with Crippen LogP contribution < -0.4 is 10.1 Å². The van der Waals surface area contributed by atoms with E-state index >= 15 is 0 Å². The van der Waals surface area contributed by atoms with E-state index < -0.39 is 0 Å². The monoisotopic (exact) mass is 285 g/mol. The van der Waals surface area contributed by atoms with Gasteiger partial charge in [0, 0.05) is 12.6 Å². The lowest BCUT2D eigenvalue weighted by molar-refractivity contribution is 0.0925. The second-order valence-corrected chi connectivity index (χ2v) is 5.35. The van der Waals surface area contributed by atoms with Gasteiger partial charge in [-0.1, -0.05) is 18.2 Å². The predicted molar refractivity (Wildman–Crippen MR) is 79.3 cm³/mol. The third kappa shape index (κ3) is 2.77. The van der Waals surface area contributed by atoms with Crippen LogP contribution in [0.25, 0.3) is 0 Å². The maximum Gasteiger partial charge on any atom is 0.270 e. The minimum absolute atomic E-state index is 0.0218. The number of carbonyl (C=O) groups excluding carboxylic acids is 1. The Labute approximate surface area is 123 Å². The van der Waals surface area contributed by atoms with E-state index in [1.807, 2.05) is 31.2 Å². The van der Waals surface area contributed by atoms with Crippen LogP contribution in [0.1, 0.15) is 40.6 Å². The molecule has 1 aliphatic heterocycles. The summed E-state index contributed by atoms with van der Waals surface area (Å²) in [7, 11) is 1.78. The van der Waals surface area contributed by atoms with Crippen molar-refractivity contribution in [2.24, 2.45) is 7.05 Å². The van der Waals surface area contributed by atoms with Crippen LogP contribution in [0.15, 0.2) is 30.3 Å². The molecule has 0 aliphatic carbocycles. The molecule has 0 unspecified atom stereocenters. The first-order valence-electron chi connectivity index (χ1n) is 7.18. The first-order chi connectivity index (χ1) is 10.1. The highest BCUT2D eigenvalue weighted by Crippen LogP contribution is 2.31. The minimum Gasteiger partial charge on any atom is -0.493 e. The summed E-state index contributed by atoms with van der Waals surface area (Å²) in [4.78, 5) is 12.5. The fourth-order valence-corrected chi connectivity index (χ4v) is 2.73. The van der Waals surface area contributed by atoms with E-state index in [0.29, 0.717) is 12.3 Å². The van der Waals surface area contributed by atoms with Gasteiger partial charge in [0.2, 0.25) is 0 Å². The van der Waals surface area contributed by atoms with Gasteiger partial charge in [0.25, 0.3) is 5.91 Å². The summed E-state index contributed by atoms with van der Waals surface area (Å²) in [6, 6.07) is 9.67. The van der Waals surface area contributed by atoms with Crippen LogP contribution in [0, 0.1) is 6.92 Å². The molecule has 2 aromatic rings. The number of amides is 1. The first kappa shape index (κ1) is 13.7. The molecule has 2 heterocycles. The Morgan fingerprint density at radius 2 is 2.24 bits per heavy atom. The van der Waals surface area contributed by atoms with E-state index in [1.54, 1.807) is 17.8 Å². The number of aromatic nitrogens is 2. The molecular formula is C16H19N3O2. The average Bonchev–Trinajstić information content (AvgIpc) is 2.69. The smallest absolute Gasteiger partial charge is 0.270 e. The maximum atomic E-state index is 12.5. The molecule has 0 saturated carbocycles. The zero-order valence-electron chi connectivity index (χ0n) is 12.3. The molecule has 21 heavy (non-hydrogen) atoms. The summed E-state index contributed by atoms with van der Waals surface area (Å²) in [5.41, 5.74) is 2.46. The van der Waals surface area contributed by atoms with E-state index in [2.05, 4.69) is 10.4 Å². The van der Waals surface area contributed by atoms with Crippen molar-refractivity contribution < 1.29 is 9.53 Å². The molecule has 1 aromatic heterocycles.